The molecular formula is C8H19N3O3S. The highest BCUT2D eigenvalue weighted by molar-refractivity contribution is 7.90. The highest BCUT2D eigenvalue weighted by Crippen LogP contribution is 1.89. The van der Waals surface area contributed by atoms with Crippen LogP contribution in [-0.4, -0.2) is 44.6 Å². The van der Waals surface area contributed by atoms with Gasteiger partial charge in [-0.1, -0.05) is 5.16 Å². The first-order valence-corrected chi connectivity index (χ1v) is 6.86. The molecule has 0 fully saturated rings. The van der Waals surface area contributed by atoms with Crippen molar-refractivity contribution in [3.63, 3.8) is 0 Å². The lowest BCUT2D eigenvalue weighted by atomic mass is 10.3. The van der Waals surface area contributed by atoms with Crippen LogP contribution in [-0.2, 0) is 9.84 Å². The smallest absolute Gasteiger partial charge is 0.147 e. The van der Waals surface area contributed by atoms with Crippen molar-refractivity contribution < 1.29 is 13.6 Å². The number of amidine groups is 1. The van der Waals surface area contributed by atoms with E-state index in [4.69, 9.17) is 10.9 Å². The van der Waals surface area contributed by atoms with E-state index in [1.165, 1.54) is 6.26 Å². The van der Waals surface area contributed by atoms with Crippen molar-refractivity contribution in [2.24, 2.45) is 10.9 Å². The minimum Gasteiger partial charge on any atom is -0.409 e. The van der Waals surface area contributed by atoms with E-state index < -0.39 is 9.84 Å². The number of nitrogens with zero attached hydrogens (tertiary/aromatic N) is 1. The Labute approximate surface area is 90.5 Å². The van der Waals surface area contributed by atoms with E-state index in [1.807, 2.05) is 0 Å². The minimum atomic E-state index is -2.85. The van der Waals surface area contributed by atoms with E-state index in [1.54, 1.807) is 0 Å². The van der Waals surface area contributed by atoms with E-state index in [0.717, 1.165) is 13.0 Å². The largest absolute Gasteiger partial charge is 0.409 e. The summed E-state index contributed by atoms with van der Waals surface area (Å²) in [6, 6.07) is 0. The van der Waals surface area contributed by atoms with Crippen LogP contribution in [0, 0.1) is 0 Å². The van der Waals surface area contributed by atoms with Crippen molar-refractivity contribution in [2.75, 3.05) is 25.1 Å². The lowest BCUT2D eigenvalue weighted by Crippen LogP contribution is -2.21. The standard InChI is InChI=1S/C8H19N3O3S/c1-15(13,14)7-3-6-10-5-2-4-8(9)11-12/h10,12H,2-7H2,1H3,(H2,9,11). The molecule has 0 saturated heterocycles. The molecule has 0 bridgehead atoms. The Morgan fingerprint density at radius 2 is 2.00 bits per heavy atom. The molecule has 0 heterocycles. The van der Waals surface area contributed by atoms with Crippen molar-refractivity contribution in [3.8, 4) is 0 Å². The van der Waals surface area contributed by atoms with Gasteiger partial charge in [-0.2, -0.15) is 0 Å². The molecule has 0 unspecified atom stereocenters. The van der Waals surface area contributed by atoms with Crippen LogP contribution in [0.25, 0.3) is 0 Å². The van der Waals surface area contributed by atoms with Crippen LogP contribution in [0.3, 0.4) is 0 Å². The molecule has 0 spiro atoms. The molecule has 0 saturated carbocycles. The molecule has 4 N–H and O–H groups in total. The maximum absolute atomic E-state index is 10.8. The predicted octanol–water partition coefficient (Wildman–Crippen LogP) is -0.463. The molecule has 0 aromatic heterocycles. The summed E-state index contributed by atoms with van der Waals surface area (Å²) in [7, 11) is -2.85. The molecule has 15 heavy (non-hydrogen) atoms. The molecular weight excluding hydrogens is 218 g/mol. The molecule has 0 aliphatic heterocycles. The quantitative estimate of drug-likeness (QED) is 0.174. The van der Waals surface area contributed by atoms with Crippen molar-refractivity contribution in [3.05, 3.63) is 0 Å². The fourth-order valence-electron chi connectivity index (χ4n) is 1.03. The number of sulfone groups is 1. The highest BCUT2D eigenvalue weighted by Gasteiger charge is 2.00. The fraction of sp³-hybridized carbons (Fsp3) is 0.875. The maximum Gasteiger partial charge on any atom is 0.147 e. The van der Waals surface area contributed by atoms with Crippen LogP contribution in [0.5, 0.6) is 0 Å². The normalized spacial score (nSPS) is 13.0. The van der Waals surface area contributed by atoms with Crippen LogP contribution in [0.15, 0.2) is 5.16 Å². The highest BCUT2D eigenvalue weighted by atomic mass is 32.2. The second-order valence-electron chi connectivity index (χ2n) is 3.43. The van der Waals surface area contributed by atoms with E-state index >= 15 is 0 Å². The van der Waals surface area contributed by atoms with Crippen molar-refractivity contribution >= 4 is 15.7 Å². The minimum absolute atomic E-state index is 0.209. The van der Waals surface area contributed by atoms with Gasteiger partial charge >= 0.3 is 0 Å². The molecule has 0 amide bonds. The summed E-state index contributed by atoms with van der Waals surface area (Å²) in [6.07, 6.45) is 3.15. The first-order chi connectivity index (χ1) is 6.95. The molecule has 90 valence electrons. The van der Waals surface area contributed by atoms with Crippen LogP contribution >= 0.6 is 0 Å². The molecule has 7 heteroatoms. The number of nitrogens with one attached hydrogen (secondary N) is 1. The van der Waals surface area contributed by atoms with E-state index in [9.17, 15) is 8.42 Å². The van der Waals surface area contributed by atoms with Gasteiger partial charge in [0.15, 0.2) is 0 Å². The third kappa shape index (κ3) is 11.1. The summed E-state index contributed by atoms with van der Waals surface area (Å²) >= 11 is 0. The van der Waals surface area contributed by atoms with Crippen molar-refractivity contribution in [1.29, 1.82) is 0 Å². The number of oxime groups is 1. The molecule has 0 aliphatic rings. The molecule has 0 rings (SSSR count). The zero-order valence-corrected chi connectivity index (χ0v) is 9.76. The summed E-state index contributed by atoms with van der Waals surface area (Å²) in [5.41, 5.74) is 5.26. The van der Waals surface area contributed by atoms with Crippen molar-refractivity contribution in [1.82, 2.24) is 5.32 Å². The van der Waals surface area contributed by atoms with Crippen LogP contribution in [0.2, 0.25) is 0 Å². The van der Waals surface area contributed by atoms with Gasteiger partial charge in [-0.05, 0) is 25.9 Å². The molecule has 0 aliphatic carbocycles. The number of rotatable bonds is 8. The maximum atomic E-state index is 10.8. The van der Waals surface area contributed by atoms with Gasteiger partial charge in [0.1, 0.15) is 15.7 Å². The average Bonchev–Trinajstić information content (AvgIpc) is 2.14. The Balaban J connectivity index is 3.26. The van der Waals surface area contributed by atoms with Crippen LogP contribution in [0.1, 0.15) is 19.3 Å². The van der Waals surface area contributed by atoms with Crippen molar-refractivity contribution in [2.45, 2.75) is 19.3 Å². The zero-order valence-electron chi connectivity index (χ0n) is 8.94. The summed E-state index contributed by atoms with van der Waals surface area (Å²) in [5, 5.41) is 14.2. The summed E-state index contributed by atoms with van der Waals surface area (Å²) < 4.78 is 21.5. The van der Waals surface area contributed by atoms with Gasteiger partial charge < -0.3 is 16.3 Å². The molecule has 6 nitrogen and oxygen atoms in total. The Hall–Kier alpha value is -0.820. The molecule has 0 atom stereocenters. The number of hydrogen-bond acceptors (Lipinski definition) is 5. The molecule has 0 aromatic rings. The van der Waals surface area contributed by atoms with E-state index in [0.29, 0.717) is 19.4 Å². The van der Waals surface area contributed by atoms with E-state index in [-0.39, 0.29) is 11.6 Å². The lowest BCUT2D eigenvalue weighted by Gasteiger charge is -2.03. The Bertz CT molecular complexity index is 288. The number of nitrogens with two attached hydrogens (primary N) is 1. The van der Waals surface area contributed by atoms with Gasteiger partial charge in [-0.25, -0.2) is 8.42 Å². The number of hydrogen-bond donors (Lipinski definition) is 3. The lowest BCUT2D eigenvalue weighted by molar-refractivity contribution is 0.316. The topological polar surface area (TPSA) is 105 Å². The molecule has 0 aromatic carbocycles. The second-order valence-corrected chi connectivity index (χ2v) is 5.69. The average molecular weight is 237 g/mol. The van der Waals surface area contributed by atoms with Crippen LogP contribution < -0.4 is 11.1 Å². The first kappa shape index (κ1) is 14.2. The van der Waals surface area contributed by atoms with Crippen LogP contribution in [0.4, 0.5) is 0 Å². The van der Waals surface area contributed by atoms with Gasteiger partial charge in [0, 0.05) is 12.7 Å². The summed E-state index contributed by atoms with van der Waals surface area (Å²) in [6.45, 7) is 1.41. The van der Waals surface area contributed by atoms with Gasteiger partial charge in [-0.3, -0.25) is 0 Å². The second kappa shape index (κ2) is 7.47. The van der Waals surface area contributed by atoms with Gasteiger partial charge in [0.05, 0.1) is 5.75 Å². The third-order valence-electron chi connectivity index (χ3n) is 1.78. The first-order valence-electron chi connectivity index (χ1n) is 4.80. The Kier molecular flexibility index (Phi) is 7.06. The summed E-state index contributed by atoms with van der Waals surface area (Å²) in [4.78, 5) is 0. The SMILES string of the molecule is CS(=O)(=O)CCCNCCCC(N)=NO. The van der Waals surface area contributed by atoms with E-state index in [2.05, 4.69) is 10.5 Å². The fourth-order valence-corrected chi connectivity index (χ4v) is 1.70. The molecule has 0 radical (unpaired) electrons. The Morgan fingerprint density at radius 3 is 2.53 bits per heavy atom. The van der Waals surface area contributed by atoms with Gasteiger partial charge in [0.25, 0.3) is 0 Å². The Morgan fingerprint density at radius 1 is 1.40 bits per heavy atom. The monoisotopic (exact) mass is 237 g/mol. The zero-order chi connectivity index (χ0) is 11.7. The van der Waals surface area contributed by atoms with Gasteiger partial charge in [-0.15, -0.1) is 0 Å². The third-order valence-corrected chi connectivity index (χ3v) is 2.81. The van der Waals surface area contributed by atoms with Gasteiger partial charge in [0.2, 0.25) is 0 Å². The summed E-state index contributed by atoms with van der Waals surface area (Å²) in [5.74, 6) is 0.424. The predicted molar refractivity (Wildman–Crippen MR) is 59.8 cm³/mol.